The molecule has 0 fully saturated rings. The van der Waals surface area contributed by atoms with Crippen LogP contribution in [0.3, 0.4) is 0 Å². The lowest BCUT2D eigenvalue weighted by Crippen LogP contribution is -2.33. The third-order valence-electron chi connectivity index (χ3n) is 4.35. The van der Waals surface area contributed by atoms with Gasteiger partial charge in [-0.15, -0.1) is 0 Å². The molecule has 1 unspecified atom stereocenters. The Morgan fingerprint density at radius 3 is 2.39 bits per heavy atom. The van der Waals surface area contributed by atoms with Crippen molar-refractivity contribution < 1.29 is 9.53 Å². The molecule has 1 N–H and O–H groups in total. The van der Waals surface area contributed by atoms with E-state index in [0.717, 1.165) is 16.9 Å². The fourth-order valence-corrected chi connectivity index (χ4v) is 2.74. The van der Waals surface area contributed by atoms with Gasteiger partial charge in [-0.1, -0.05) is 29.8 Å². The Balaban J connectivity index is 1.79. The molecule has 2 aromatic carbocycles. The molecule has 6 heteroatoms. The van der Waals surface area contributed by atoms with Gasteiger partial charge in [0.05, 0.1) is 12.3 Å². The highest BCUT2D eigenvalue weighted by molar-refractivity contribution is 5.93. The Bertz CT molecular complexity index is 1010. The first-order chi connectivity index (χ1) is 13.5. The Kier molecular flexibility index (Phi) is 5.89. The Morgan fingerprint density at radius 2 is 1.75 bits per heavy atom. The molecular formula is C22H23N3O3. The van der Waals surface area contributed by atoms with E-state index >= 15 is 0 Å². The molecule has 6 nitrogen and oxygen atoms in total. The highest BCUT2D eigenvalue weighted by atomic mass is 16.5. The molecule has 0 radical (unpaired) electrons. The minimum atomic E-state index is -0.760. The second-order valence-electron chi connectivity index (χ2n) is 6.49. The minimum absolute atomic E-state index is 0.320. The van der Waals surface area contributed by atoms with Crippen molar-refractivity contribution in [2.24, 2.45) is 0 Å². The van der Waals surface area contributed by atoms with Gasteiger partial charge in [0.15, 0.2) is 0 Å². The summed E-state index contributed by atoms with van der Waals surface area (Å²) < 4.78 is 6.60. The number of carbonyl (C=O) groups is 1. The molecule has 0 saturated carbocycles. The summed E-state index contributed by atoms with van der Waals surface area (Å²) in [6.07, 6.45) is 0. The zero-order valence-corrected chi connectivity index (χ0v) is 16.2. The maximum atomic E-state index is 12.6. The Labute approximate surface area is 163 Å². The standard InChI is InChI=1S/C22H23N3O3/c1-4-28-19-11-9-18(10-12-19)23-22(27)16(3)25-21(26)14-13-20(24-25)17-7-5-15(2)6-8-17/h5-14,16H,4H2,1-3H3,(H,23,27). The van der Waals surface area contributed by atoms with Crippen LogP contribution in [0.15, 0.2) is 65.5 Å². The van der Waals surface area contributed by atoms with Gasteiger partial charge in [-0.25, -0.2) is 4.68 Å². The topological polar surface area (TPSA) is 73.2 Å². The molecule has 3 aromatic rings. The van der Waals surface area contributed by atoms with Gasteiger partial charge in [0.1, 0.15) is 11.8 Å². The minimum Gasteiger partial charge on any atom is -0.494 e. The van der Waals surface area contributed by atoms with Gasteiger partial charge in [0.25, 0.3) is 5.56 Å². The molecule has 1 amide bonds. The first kappa shape index (κ1) is 19.4. The van der Waals surface area contributed by atoms with Crippen LogP contribution in [0.5, 0.6) is 5.75 Å². The molecule has 0 aliphatic carbocycles. The van der Waals surface area contributed by atoms with E-state index in [4.69, 9.17) is 4.74 Å². The van der Waals surface area contributed by atoms with Crippen LogP contribution in [0.2, 0.25) is 0 Å². The van der Waals surface area contributed by atoms with Crippen LogP contribution >= 0.6 is 0 Å². The van der Waals surface area contributed by atoms with E-state index in [1.165, 1.54) is 10.7 Å². The number of nitrogens with zero attached hydrogens (tertiary/aromatic N) is 2. The van der Waals surface area contributed by atoms with Gasteiger partial charge in [-0.3, -0.25) is 9.59 Å². The SMILES string of the molecule is CCOc1ccc(NC(=O)C(C)n2nc(-c3ccc(C)cc3)ccc2=O)cc1. The van der Waals surface area contributed by atoms with Crippen molar-refractivity contribution in [2.45, 2.75) is 26.8 Å². The van der Waals surface area contributed by atoms with E-state index in [1.807, 2.05) is 38.1 Å². The van der Waals surface area contributed by atoms with Gasteiger partial charge in [0.2, 0.25) is 5.91 Å². The molecule has 0 saturated heterocycles. The zero-order valence-electron chi connectivity index (χ0n) is 16.2. The molecule has 0 aliphatic heterocycles. The first-order valence-corrected chi connectivity index (χ1v) is 9.18. The summed E-state index contributed by atoms with van der Waals surface area (Å²) in [5.74, 6) is 0.414. The van der Waals surface area contributed by atoms with Gasteiger partial charge >= 0.3 is 0 Å². The van der Waals surface area contributed by atoms with E-state index in [2.05, 4.69) is 10.4 Å². The van der Waals surface area contributed by atoms with Crippen molar-refractivity contribution in [3.05, 3.63) is 76.6 Å². The van der Waals surface area contributed by atoms with E-state index < -0.39 is 6.04 Å². The number of hydrogen-bond acceptors (Lipinski definition) is 4. The van der Waals surface area contributed by atoms with Crippen molar-refractivity contribution in [1.29, 1.82) is 0 Å². The largest absolute Gasteiger partial charge is 0.494 e. The number of nitrogens with one attached hydrogen (secondary N) is 1. The maximum absolute atomic E-state index is 12.6. The van der Waals surface area contributed by atoms with E-state index in [0.29, 0.717) is 18.0 Å². The highest BCUT2D eigenvalue weighted by Crippen LogP contribution is 2.19. The second kappa shape index (κ2) is 8.52. The third kappa shape index (κ3) is 4.46. The predicted octanol–water partition coefficient (Wildman–Crippen LogP) is 3.82. The average Bonchev–Trinajstić information content (AvgIpc) is 2.70. The van der Waals surface area contributed by atoms with E-state index in [-0.39, 0.29) is 11.5 Å². The van der Waals surface area contributed by atoms with Crippen LogP contribution in [-0.4, -0.2) is 22.3 Å². The molecule has 3 rings (SSSR count). The average molecular weight is 377 g/mol. The lowest BCUT2D eigenvalue weighted by molar-refractivity contribution is -0.119. The molecule has 1 heterocycles. The van der Waals surface area contributed by atoms with Crippen molar-refractivity contribution >= 4 is 11.6 Å². The monoisotopic (exact) mass is 377 g/mol. The molecule has 0 bridgehead atoms. The number of anilines is 1. The molecule has 28 heavy (non-hydrogen) atoms. The molecule has 1 atom stereocenters. The number of aromatic nitrogens is 2. The number of amides is 1. The van der Waals surface area contributed by atoms with Crippen LogP contribution < -0.4 is 15.6 Å². The first-order valence-electron chi connectivity index (χ1n) is 9.18. The van der Waals surface area contributed by atoms with Gasteiger partial charge < -0.3 is 10.1 Å². The number of rotatable bonds is 6. The quantitative estimate of drug-likeness (QED) is 0.709. The second-order valence-corrected chi connectivity index (χ2v) is 6.49. The molecule has 1 aromatic heterocycles. The third-order valence-corrected chi connectivity index (χ3v) is 4.35. The van der Waals surface area contributed by atoms with Gasteiger partial charge in [-0.2, -0.15) is 5.10 Å². The predicted molar refractivity (Wildman–Crippen MR) is 110 cm³/mol. The lowest BCUT2D eigenvalue weighted by Gasteiger charge is -2.15. The van der Waals surface area contributed by atoms with Gasteiger partial charge in [-0.05, 0) is 51.1 Å². The molecule has 0 spiro atoms. The fraction of sp³-hybridized carbons (Fsp3) is 0.227. The van der Waals surface area contributed by atoms with Gasteiger partial charge in [0, 0.05) is 17.3 Å². The summed E-state index contributed by atoms with van der Waals surface area (Å²) in [6.45, 7) is 6.14. The Morgan fingerprint density at radius 1 is 1.07 bits per heavy atom. The van der Waals surface area contributed by atoms with Crippen LogP contribution in [-0.2, 0) is 4.79 Å². The lowest BCUT2D eigenvalue weighted by atomic mass is 10.1. The molecule has 0 aliphatic rings. The summed E-state index contributed by atoms with van der Waals surface area (Å²) in [5.41, 5.74) is 2.97. The van der Waals surface area contributed by atoms with Crippen LogP contribution in [0, 0.1) is 6.92 Å². The van der Waals surface area contributed by atoms with Crippen molar-refractivity contribution in [3.63, 3.8) is 0 Å². The van der Waals surface area contributed by atoms with Crippen molar-refractivity contribution in [2.75, 3.05) is 11.9 Å². The number of aryl methyl sites for hydroxylation is 1. The van der Waals surface area contributed by atoms with Crippen molar-refractivity contribution in [3.8, 4) is 17.0 Å². The van der Waals surface area contributed by atoms with Crippen molar-refractivity contribution in [1.82, 2.24) is 9.78 Å². The Hall–Kier alpha value is -3.41. The normalized spacial score (nSPS) is 11.7. The highest BCUT2D eigenvalue weighted by Gasteiger charge is 2.18. The number of hydrogen-bond donors (Lipinski definition) is 1. The smallest absolute Gasteiger partial charge is 0.267 e. The number of ether oxygens (including phenoxy) is 1. The van der Waals surface area contributed by atoms with E-state index in [1.54, 1.807) is 37.3 Å². The van der Waals surface area contributed by atoms with Crippen LogP contribution in [0.25, 0.3) is 11.3 Å². The summed E-state index contributed by atoms with van der Waals surface area (Å²) in [5, 5.41) is 7.21. The molecule has 144 valence electrons. The van der Waals surface area contributed by atoms with E-state index in [9.17, 15) is 9.59 Å². The van der Waals surface area contributed by atoms with Crippen LogP contribution in [0.1, 0.15) is 25.5 Å². The maximum Gasteiger partial charge on any atom is 0.267 e. The summed E-state index contributed by atoms with van der Waals surface area (Å²) in [6, 6.07) is 17.3. The summed E-state index contributed by atoms with van der Waals surface area (Å²) in [7, 11) is 0. The fourth-order valence-electron chi connectivity index (χ4n) is 2.74. The molecular weight excluding hydrogens is 354 g/mol. The summed E-state index contributed by atoms with van der Waals surface area (Å²) in [4.78, 5) is 24.9. The van der Waals surface area contributed by atoms with Crippen LogP contribution in [0.4, 0.5) is 5.69 Å². The summed E-state index contributed by atoms with van der Waals surface area (Å²) >= 11 is 0. The number of carbonyl (C=O) groups excluding carboxylic acids is 1. The zero-order chi connectivity index (χ0) is 20.1. The number of benzene rings is 2.